The number of halogens is 2. The van der Waals surface area contributed by atoms with Gasteiger partial charge in [-0.1, -0.05) is 73.6 Å². The average Bonchev–Trinajstić information content (AvgIpc) is 2.73. The molecule has 0 fully saturated rings. The van der Waals surface area contributed by atoms with Gasteiger partial charge in [0, 0.05) is 19.4 Å². The molecule has 37 heavy (non-hydrogen) atoms. The Labute approximate surface area is 229 Å². The molecule has 0 amide bonds. The van der Waals surface area contributed by atoms with Gasteiger partial charge in [0.2, 0.25) is 0 Å². The molecule has 0 aliphatic rings. The van der Waals surface area contributed by atoms with Crippen molar-refractivity contribution in [1.29, 1.82) is 0 Å². The molecule has 0 radical (unpaired) electrons. The van der Waals surface area contributed by atoms with Crippen LogP contribution in [0, 0.1) is 11.8 Å². The van der Waals surface area contributed by atoms with Crippen molar-refractivity contribution in [2.24, 2.45) is 11.8 Å². The smallest absolute Gasteiger partial charge is 0.291 e. The molecule has 1 N–H and O–H groups in total. The number of allylic oxidation sites excluding steroid dienone is 2. The summed E-state index contributed by atoms with van der Waals surface area (Å²) in [4.78, 5) is 0. The van der Waals surface area contributed by atoms with Gasteiger partial charge >= 0.3 is 0 Å². The van der Waals surface area contributed by atoms with Crippen LogP contribution in [0.2, 0.25) is 36.3 Å². The predicted molar refractivity (Wildman–Crippen MR) is 158 cm³/mol. The molecule has 0 saturated heterocycles. The summed E-state index contributed by atoms with van der Waals surface area (Å²) in [7, 11) is -2.69. The van der Waals surface area contributed by atoms with Crippen LogP contribution in [0.4, 0.5) is 8.78 Å². The van der Waals surface area contributed by atoms with Gasteiger partial charge < -0.3 is 18.7 Å². The van der Waals surface area contributed by atoms with Crippen LogP contribution in [-0.2, 0) is 13.6 Å². The van der Waals surface area contributed by atoms with Gasteiger partial charge in [0.1, 0.15) is 6.10 Å². The highest BCUT2D eigenvalue weighted by atomic mass is 28.4. The number of ether oxygens (including phenoxy) is 1. The Balaban J connectivity index is 5.82. The van der Waals surface area contributed by atoms with E-state index in [9.17, 15) is 5.11 Å². The van der Waals surface area contributed by atoms with E-state index in [1.807, 2.05) is 19.9 Å². The first-order valence-electron chi connectivity index (χ1n) is 13.7. The lowest BCUT2D eigenvalue weighted by atomic mass is 9.85. The Bertz CT molecular complexity index is 724. The quantitative estimate of drug-likeness (QED) is 0.160. The zero-order valence-electron chi connectivity index (χ0n) is 26.2. The van der Waals surface area contributed by atoms with Crippen molar-refractivity contribution < 1.29 is 27.5 Å². The maximum absolute atomic E-state index is 15.1. The van der Waals surface area contributed by atoms with Crippen LogP contribution in [0.1, 0.15) is 75.2 Å². The van der Waals surface area contributed by atoms with E-state index in [-0.39, 0.29) is 41.0 Å². The highest BCUT2D eigenvalue weighted by Gasteiger charge is 2.45. The normalized spacial score (nSPS) is 18.8. The first-order chi connectivity index (χ1) is 16.5. The van der Waals surface area contributed by atoms with Crippen molar-refractivity contribution in [2.75, 3.05) is 13.7 Å². The van der Waals surface area contributed by atoms with E-state index in [4.69, 9.17) is 13.6 Å². The third-order valence-electron chi connectivity index (χ3n) is 8.52. The number of alkyl halides is 2. The van der Waals surface area contributed by atoms with Crippen molar-refractivity contribution in [3.63, 3.8) is 0 Å². The number of hydrogen-bond acceptors (Lipinski definition) is 4. The third kappa shape index (κ3) is 11.3. The maximum atomic E-state index is 15.1. The third-order valence-corrected chi connectivity index (χ3v) is 17.5. The van der Waals surface area contributed by atoms with Crippen molar-refractivity contribution in [2.45, 2.75) is 136 Å². The molecule has 0 rings (SSSR count). The second-order valence-corrected chi connectivity index (χ2v) is 23.2. The fraction of sp³-hybridized carbons (Fsp3) is 0.862. The van der Waals surface area contributed by atoms with Gasteiger partial charge in [-0.15, -0.1) is 0 Å². The lowest BCUT2D eigenvalue weighted by molar-refractivity contribution is -0.102. The van der Waals surface area contributed by atoms with Crippen LogP contribution in [0.15, 0.2) is 24.3 Å². The van der Waals surface area contributed by atoms with E-state index in [2.05, 4.69) is 80.7 Å². The Kier molecular flexibility index (Phi) is 14.2. The molecule has 4 nitrogen and oxygen atoms in total. The zero-order valence-corrected chi connectivity index (χ0v) is 28.2. The number of aliphatic hydroxyl groups is 1. The SMILES string of the molecule is C/C=C/C[C@H](C)[C@@H](OC)[C@@H](C)[C@@H](CC(O)C(F)(F)/C=C\CO[Si](C)(C)C(C)(C)C)O[Si](C)(C)C(C)(C)C. The molecule has 0 spiro atoms. The van der Waals surface area contributed by atoms with E-state index < -0.39 is 34.8 Å². The van der Waals surface area contributed by atoms with E-state index in [0.29, 0.717) is 0 Å². The maximum Gasteiger partial charge on any atom is 0.291 e. The first kappa shape index (κ1) is 36.6. The lowest BCUT2D eigenvalue weighted by Crippen LogP contribution is -2.50. The van der Waals surface area contributed by atoms with Gasteiger partial charge in [0.25, 0.3) is 5.92 Å². The molecule has 0 aromatic rings. The van der Waals surface area contributed by atoms with Crippen LogP contribution in [0.3, 0.4) is 0 Å². The average molecular weight is 565 g/mol. The summed E-state index contributed by atoms with van der Waals surface area (Å²) in [6.07, 6.45) is 4.23. The van der Waals surface area contributed by atoms with Crippen LogP contribution < -0.4 is 0 Å². The van der Waals surface area contributed by atoms with E-state index in [1.54, 1.807) is 7.11 Å². The number of methoxy groups -OCH3 is 1. The Hall–Kier alpha value is -0.386. The predicted octanol–water partition coefficient (Wildman–Crippen LogP) is 8.59. The summed E-state index contributed by atoms with van der Waals surface area (Å²) in [5.74, 6) is -3.41. The molecule has 0 aromatic heterocycles. The fourth-order valence-corrected chi connectivity index (χ4v) is 6.12. The second-order valence-electron chi connectivity index (χ2n) is 13.7. The highest BCUT2D eigenvalue weighted by Crippen LogP contribution is 2.41. The summed E-state index contributed by atoms with van der Waals surface area (Å²) in [6, 6.07) is 0. The molecule has 0 aliphatic heterocycles. The summed E-state index contributed by atoms with van der Waals surface area (Å²) >= 11 is 0. The standard InChI is InChI=1S/C29H58F2O4Si2/c1-15-16-18-22(2)26(33-10)23(3)24(35-37(13,14)28(7,8)9)21-25(32)29(30,31)19-17-20-34-36(11,12)27(4,5)6/h15-17,19,22-26,32H,18,20-21H2,1-14H3/b16-15+,19-17-/t22-,23-,24+,25?,26+/m0/s1. The van der Waals surface area contributed by atoms with Gasteiger partial charge in [-0.25, -0.2) is 0 Å². The fourth-order valence-electron chi connectivity index (χ4n) is 3.75. The Morgan fingerprint density at radius 3 is 1.84 bits per heavy atom. The molecular weight excluding hydrogens is 506 g/mol. The molecule has 0 aliphatic carbocycles. The molecule has 0 aromatic carbocycles. The summed E-state index contributed by atoms with van der Waals surface area (Å²) in [6.45, 7) is 27.3. The van der Waals surface area contributed by atoms with E-state index in [1.165, 1.54) is 6.08 Å². The van der Waals surface area contributed by atoms with Crippen LogP contribution >= 0.6 is 0 Å². The van der Waals surface area contributed by atoms with Crippen molar-refractivity contribution >= 4 is 16.6 Å². The molecule has 5 atom stereocenters. The molecule has 0 heterocycles. The van der Waals surface area contributed by atoms with Crippen molar-refractivity contribution in [3.05, 3.63) is 24.3 Å². The van der Waals surface area contributed by atoms with Gasteiger partial charge in [0.05, 0.1) is 18.8 Å². The minimum Gasteiger partial charge on any atom is -0.413 e. The topological polar surface area (TPSA) is 47.9 Å². The summed E-state index contributed by atoms with van der Waals surface area (Å²) in [5.41, 5.74) is 0. The van der Waals surface area contributed by atoms with Gasteiger partial charge in [-0.3, -0.25) is 0 Å². The van der Waals surface area contributed by atoms with E-state index >= 15 is 8.78 Å². The van der Waals surface area contributed by atoms with E-state index in [0.717, 1.165) is 12.5 Å². The van der Waals surface area contributed by atoms with Crippen LogP contribution in [-0.4, -0.2) is 59.7 Å². The van der Waals surface area contributed by atoms with Gasteiger partial charge in [0.15, 0.2) is 16.6 Å². The van der Waals surface area contributed by atoms with Crippen LogP contribution in [0.25, 0.3) is 0 Å². The van der Waals surface area contributed by atoms with Crippen molar-refractivity contribution in [1.82, 2.24) is 0 Å². The van der Waals surface area contributed by atoms with Crippen LogP contribution in [0.5, 0.6) is 0 Å². The molecule has 0 bridgehead atoms. The zero-order chi connectivity index (χ0) is 29.5. The number of aliphatic hydroxyl groups excluding tert-OH is 1. The van der Waals surface area contributed by atoms with Gasteiger partial charge in [-0.05, 0) is 61.6 Å². The highest BCUT2D eigenvalue weighted by molar-refractivity contribution is 6.74. The Morgan fingerprint density at radius 1 is 0.892 bits per heavy atom. The first-order valence-corrected chi connectivity index (χ1v) is 19.5. The molecular formula is C29H58F2O4Si2. The largest absolute Gasteiger partial charge is 0.413 e. The minimum atomic E-state index is -3.40. The molecule has 8 heteroatoms. The molecule has 0 saturated carbocycles. The molecule has 1 unspecified atom stereocenters. The molecule has 220 valence electrons. The minimum absolute atomic E-state index is 0.00470. The Morgan fingerprint density at radius 2 is 1.41 bits per heavy atom. The second kappa shape index (κ2) is 14.3. The summed E-state index contributed by atoms with van der Waals surface area (Å²) < 4.78 is 48.7. The lowest BCUT2D eigenvalue weighted by Gasteiger charge is -2.43. The monoisotopic (exact) mass is 564 g/mol. The van der Waals surface area contributed by atoms with Crippen molar-refractivity contribution in [3.8, 4) is 0 Å². The van der Waals surface area contributed by atoms with Gasteiger partial charge in [-0.2, -0.15) is 8.78 Å². The number of hydrogen-bond donors (Lipinski definition) is 1. The summed E-state index contributed by atoms with van der Waals surface area (Å²) in [5, 5.41) is 10.7. The number of rotatable bonds is 15.